The number of rotatable bonds is 27. The maximum Gasteiger partial charge on any atom is 0.306 e. The van der Waals surface area contributed by atoms with E-state index in [0.29, 0.717) is 35.7 Å². The molecule has 3 saturated carbocycles. The van der Waals surface area contributed by atoms with Crippen molar-refractivity contribution in [3.8, 4) is 0 Å². The molecule has 2 aliphatic heterocycles. The molecular weight excluding hydrogens is 768 g/mol. The standard InChI is InChI=1S/C56H100O4P/c1-8-11-14-17-20-24-37-61(38-25-21-18-15-12-9-2,39-26-22-19-16-13-10-3)40-27-23-28-52(57)59-47-32-34-54(6)46(41-47)29-30-48-49(54)33-35-55(7)50(48)42-51-53(55)45(5)56(60-51)36-31-44(4)43-58-56/h29,44-45,47-51,53H,8-28,30-43H2,1-7H3/q+1/t44-,45+,47+,48-,49+,50+,51+,53+,54+,55+,56-/m1/s1. The molecule has 6 aliphatic rings. The Bertz CT molecular complexity index is 1290. The maximum absolute atomic E-state index is 13.6. The Hall–Kier alpha value is -0.440. The van der Waals surface area contributed by atoms with Crippen LogP contribution in [-0.4, -0.2) is 55.2 Å². The van der Waals surface area contributed by atoms with Gasteiger partial charge in [-0.2, -0.15) is 0 Å². The number of fused-ring (bicyclic) bond motifs is 7. The van der Waals surface area contributed by atoms with Gasteiger partial charge in [-0.05, 0) is 137 Å². The molecule has 352 valence electrons. The van der Waals surface area contributed by atoms with Crippen LogP contribution in [0.4, 0.5) is 0 Å². The van der Waals surface area contributed by atoms with E-state index in [-0.39, 0.29) is 23.3 Å². The highest BCUT2D eigenvalue weighted by atomic mass is 31.2. The van der Waals surface area contributed by atoms with Gasteiger partial charge < -0.3 is 14.2 Å². The molecule has 5 fully saturated rings. The first-order chi connectivity index (χ1) is 29.5. The van der Waals surface area contributed by atoms with Crippen molar-refractivity contribution in [3.05, 3.63) is 11.6 Å². The lowest BCUT2D eigenvalue weighted by molar-refractivity contribution is -0.272. The molecule has 0 amide bonds. The molecule has 0 radical (unpaired) electrons. The number of esters is 1. The second-order valence-electron chi connectivity index (χ2n) is 23.1. The molecule has 4 aliphatic carbocycles. The van der Waals surface area contributed by atoms with Gasteiger partial charge in [-0.1, -0.05) is 137 Å². The van der Waals surface area contributed by atoms with Crippen molar-refractivity contribution < 1.29 is 19.0 Å². The highest BCUT2D eigenvalue weighted by molar-refractivity contribution is 7.75. The van der Waals surface area contributed by atoms with Crippen LogP contribution in [0.3, 0.4) is 0 Å². The normalized spacial score (nSPS) is 35.7. The lowest BCUT2D eigenvalue weighted by Crippen LogP contribution is -2.52. The van der Waals surface area contributed by atoms with Gasteiger partial charge in [0.05, 0.1) is 37.4 Å². The van der Waals surface area contributed by atoms with Gasteiger partial charge in [0.1, 0.15) is 6.10 Å². The monoisotopic (exact) mass is 868 g/mol. The van der Waals surface area contributed by atoms with Crippen molar-refractivity contribution in [2.24, 2.45) is 46.3 Å². The summed E-state index contributed by atoms with van der Waals surface area (Å²) >= 11 is 0. The molecule has 61 heavy (non-hydrogen) atoms. The maximum atomic E-state index is 13.6. The Morgan fingerprint density at radius 1 is 0.705 bits per heavy atom. The minimum Gasteiger partial charge on any atom is -0.462 e. The summed E-state index contributed by atoms with van der Waals surface area (Å²) in [5, 5.41) is 0. The second kappa shape index (κ2) is 23.8. The summed E-state index contributed by atoms with van der Waals surface area (Å²) in [5.41, 5.74) is 2.24. The Kier molecular flexibility index (Phi) is 19.5. The molecule has 0 N–H and O–H groups in total. The fraction of sp³-hybridized carbons (Fsp3) is 0.946. The molecule has 2 saturated heterocycles. The van der Waals surface area contributed by atoms with Gasteiger partial charge in [-0.15, -0.1) is 0 Å². The van der Waals surface area contributed by atoms with Gasteiger partial charge in [-0.25, -0.2) is 0 Å². The first kappa shape index (κ1) is 50.0. The molecule has 4 nitrogen and oxygen atoms in total. The van der Waals surface area contributed by atoms with Crippen LogP contribution in [0.15, 0.2) is 11.6 Å². The molecule has 0 aromatic rings. The largest absolute Gasteiger partial charge is 0.462 e. The third-order valence-corrected chi connectivity index (χ3v) is 23.9. The molecular formula is C56H100O4P+. The van der Waals surface area contributed by atoms with Gasteiger partial charge >= 0.3 is 5.97 Å². The summed E-state index contributed by atoms with van der Waals surface area (Å²) in [6.07, 6.45) is 48.0. The third-order valence-electron chi connectivity index (χ3n) is 18.8. The molecule has 0 unspecified atom stereocenters. The highest BCUT2D eigenvalue weighted by Crippen LogP contribution is 2.71. The first-order valence-electron chi connectivity index (χ1n) is 27.6. The van der Waals surface area contributed by atoms with E-state index in [1.165, 1.54) is 185 Å². The van der Waals surface area contributed by atoms with Crippen LogP contribution >= 0.6 is 7.26 Å². The lowest BCUT2D eigenvalue weighted by Gasteiger charge is -2.58. The van der Waals surface area contributed by atoms with Crippen molar-refractivity contribution in [2.45, 2.75) is 259 Å². The number of allylic oxidation sites excluding steroid dienone is 1. The number of unbranched alkanes of at least 4 members (excludes halogenated alkanes) is 16. The number of hydrogen-bond acceptors (Lipinski definition) is 4. The van der Waals surface area contributed by atoms with Gasteiger partial charge in [0.15, 0.2) is 5.79 Å². The Balaban J connectivity index is 0.991. The van der Waals surface area contributed by atoms with Gasteiger partial charge in [-0.3, -0.25) is 4.79 Å². The van der Waals surface area contributed by atoms with Crippen LogP contribution in [-0.2, 0) is 19.0 Å². The molecule has 0 aromatic heterocycles. The summed E-state index contributed by atoms with van der Waals surface area (Å²) in [6, 6.07) is 0. The smallest absolute Gasteiger partial charge is 0.306 e. The van der Waals surface area contributed by atoms with Crippen molar-refractivity contribution in [1.29, 1.82) is 0 Å². The van der Waals surface area contributed by atoms with Crippen LogP contribution in [0, 0.1) is 46.3 Å². The van der Waals surface area contributed by atoms with Gasteiger partial charge in [0, 0.05) is 32.4 Å². The summed E-state index contributed by atoms with van der Waals surface area (Å²) in [7, 11) is -0.996. The van der Waals surface area contributed by atoms with Crippen LogP contribution < -0.4 is 0 Å². The van der Waals surface area contributed by atoms with E-state index in [1.54, 1.807) is 5.57 Å². The predicted octanol–water partition coefficient (Wildman–Crippen LogP) is 16.5. The minimum absolute atomic E-state index is 0.0754. The first-order valence-corrected chi connectivity index (χ1v) is 30.1. The Labute approximate surface area is 379 Å². The Morgan fingerprint density at radius 2 is 1.28 bits per heavy atom. The fourth-order valence-corrected chi connectivity index (χ4v) is 20.0. The molecule has 11 atom stereocenters. The number of hydrogen-bond donors (Lipinski definition) is 0. The number of carbonyl (C=O) groups is 1. The van der Waals surface area contributed by atoms with Gasteiger partial charge in [0.2, 0.25) is 0 Å². The zero-order valence-corrected chi connectivity index (χ0v) is 42.4. The summed E-state index contributed by atoms with van der Waals surface area (Å²) in [4.78, 5) is 13.6. The van der Waals surface area contributed by atoms with Crippen LogP contribution in [0.25, 0.3) is 0 Å². The zero-order chi connectivity index (χ0) is 43.4. The number of ether oxygens (including phenoxy) is 3. The van der Waals surface area contributed by atoms with E-state index in [2.05, 4.69) is 54.5 Å². The van der Waals surface area contributed by atoms with Crippen LogP contribution in [0.5, 0.6) is 0 Å². The molecule has 0 bridgehead atoms. The minimum atomic E-state index is -0.996. The molecule has 5 heteroatoms. The molecule has 6 rings (SSSR count). The van der Waals surface area contributed by atoms with E-state index in [0.717, 1.165) is 50.0 Å². The highest BCUT2D eigenvalue weighted by Gasteiger charge is 2.68. The topological polar surface area (TPSA) is 44.8 Å². The second-order valence-corrected chi connectivity index (χ2v) is 27.6. The summed E-state index contributed by atoms with van der Waals surface area (Å²) in [5.74, 6) is 3.78. The molecule has 2 heterocycles. The van der Waals surface area contributed by atoms with Crippen molar-refractivity contribution in [1.82, 2.24) is 0 Å². The van der Waals surface area contributed by atoms with Gasteiger partial charge in [0.25, 0.3) is 0 Å². The van der Waals surface area contributed by atoms with Crippen molar-refractivity contribution in [2.75, 3.05) is 31.3 Å². The quantitative estimate of drug-likeness (QED) is 0.0357. The van der Waals surface area contributed by atoms with Crippen molar-refractivity contribution >= 4 is 13.2 Å². The summed E-state index contributed by atoms with van der Waals surface area (Å²) in [6.45, 7) is 17.9. The molecule has 0 aromatic carbocycles. The van der Waals surface area contributed by atoms with Crippen LogP contribution in [0.2, 0.25) is 0 Å². The van der Waals surface area contributed by atoms with E-state index < -0.39 is 7.26 Å². The van der Waals surface area contributed by atoms with Crippen molar-refractivity contribution in [3.63, 3.8) is 0 Å². The third kappa shape index (κ3) is 12.3. The average Bonchev–Trinajstić information content (AvgIpc) is 3.70. The summed E-state index contributed by atoms with van der Waals surface area (Å²) < 4.78 is 20.0. The average molecular weight is 868 g/mol. The van der Waals surface area contributed by atoms with E-state index in [9.17, 15) is 4.79 Å². The number of carbonyl (C=O) groups excluding carboxylic acids is 1. The SMILES string of the molecule is CCCCCCCC[P+](CCCCCCCC)(CCCCCCCC)CCCCC(=O)O[C@H]1CC[C@@]2(C)C(=CC[C@H]3[C@@H]4C[C@@H]5O[C@]6(CC[C@@H](C)CO6)[C@@H](C)[C@@H]5[C@@]4(C)CC[C@@H]32)C1. The van der Waals surface area contributed by atoms with E-state index in [1.807, 2.05) is 0 Å². The van der Waals surface area contributed by atoms with E-state index in [4.69, 9.17) is 14.2 Å². The lowest BCUT2D eigenvalue weighted by atomic mass is 9.47. The zero-order valence-electron chi connectivity index (χ0n) is 41.5. The van der Waals surface area contributed by atoms with E-state index >= 15 is 0 Å². The Morgan fingerprint density at radius 3 is 1.85 bits per heavy atom. The predicted molar refractivity (Wildman–Crippen MR) is 262 cm³/mol. The fourth-order valence-electron chi connectivity index (χ4n) is 15.1. The van der Waals surface area contributed by atoms with Crippen LogP contribution in [0.1, 0.15) is 241 Å². The molecule has 1 spiro atoms.